The second-order valence-corrected chi connectivity index (χ2v) is 34.6. The van der Waals surface area contributed by atoms with Gasteiger partial charge in [-0.2, -0.15) is 0 Å². The van der Waals surface area contributed by atoms with Gasteiger partial charge in [0.1, 0.15) is 11.4 Å². The van der Waals surface area contributed by atoms with Crippen LogP contribution in [-0.4, -0.2) is 44.9 Å². The van der Waals surface area contributed by atoms with E-state index in [0.29, 0.717) is 70.0 Å². The highest BCUT2D eigenvalue weighted by atomic mass is 15.1. The average Bonchev–Trinajstić information content (AvgIpc) is 1.52. The van der Waals surface area contributed by atoms with E-state index in [1.165, 1.54) is 141 Å². The Morgan fingerprint density at radius 3 is 1.03 bits per heavy atom. The van der Waals surface area contributed by atoms with Gasteiger partial charge in [-0.15, -0.1) is 0 Å². The van der Waals surface area contributed by atoms with E-state index < -0.39 is 0 Å². The monoisotopic (exact) mass is 1490 g/mol. The van der Waals surface area contributed by atoms with Crippen molar-refractivity contribution in [1.29, 1.82) is 0 Å². The molecule has 13 aromatic carbocycles. The first kappa shape index (κ1) is 66.3. The van der Waals surface area contributed by atoms with Crippen molar-refractivity contribution < 1.29 is 0 Å². The van der Waals surface area contributed by atoms with E-state index in [9.17, 15) is 0 Å². The summed E-state index contributed by atoms with van der Waals surface area (Å²) in [7, 11) is 0. The predicted molar refractivity (Wildman–Crippen MR) is 468 cm³/mol. The third-order valence-electron chi connectivity index (χ3n) is 29.0. The van der Waals surface area contributed by atoms with Gasteiger partial charge in [0, 0.05) is 57.9 Å². The molecule has 9 nitrogen and oxygen atoms in total. The van der Waals surface area contributed by atoms with E-state index in [2.05, 4.69) is 252 Å². The van der Waals surface area contributed by atoms with Crippen LogP contribution in [0.2, 0.25) is 0 Å². The molecule has 10 aliphatic rings. The zero-order valence-corrected chi connectivity index (χ0v) is 64.2. The standard InChI is InChI=1S/C58H42N4.C49H37N5/c1-2-14-41-36(12-1)31-50(43-16-4-3-15-42(41)43)56-60-55(38-13-11-25-59-33-38)61-57(62-56)54-48-20-7-5-18-46(48)53(47-19-6-8-21-49(47)54)37-23-24-45-44-17-9-10-22-51(44)58(52(45)32-37)39-27-34-26-35(29-39)30-40(58)28-34;1-3-14-38-36(12-1)44(31-19-20-35-34-11-5-6-16-40(34)49(41(35)28-31)32-24-29-23-30(26-32)27-33(49)25-29)37-13-2-4-15-39(37)45(38)48-53-46(42-17-7-9-21-50-42)52-47(54-48)43-18-8-10-22-51-43/h1-25,31-35,39-40H,26-30H2;1-22,28-30,32-33H,23-27H2. The molecule has 0 amide bonds. The number of aromatic nitrogens is 9. The number of pyridine rings is 3. The molecule has 28 rings (SSSR count). The van der Waals surface area contributed by atoms with Crippen molar-refractivity contribution in [1.82, 2.24) is 44.9 Å². The van der Waals surface area contributed by atoms with Gasteiger partial charge in [-0.3, -0.25) is 15.0 Å². The van der Waals surface area contributed by atoms with Crippen molar-refractivity contribution in [3.05, 3.63) is 332 Å². The Bertz CT molecular complexity index is 6910. The molecule has 8 saturated carbocycles. The third-order valence-corrected chi connectivity index (χ3v) is 29.0. The Morgan fingerprint density at radius 2 is 0.586 bits per heavy atom. The van der Waals surface area contributed by atoms with Crippen LogP contribution in [0, 0.1) is 47.3 Å². The van der Waals surface area contributed by atoms with Crippen LogP contribution in [0.4, 0.5) is 0 Å². The highest BCUT2D eigenvalue weighted by molar-refractivity contribution is 6.23. The first-order valence-electron chi connectivity index (χ1n) is 42.0. The van der Waals surface area contributed by atoms with Crippen LogP contribution in [0.1, 0.15) is 86.5 Å². The molecule has 116 heavy (non-hydrogen) atoms. The number of fused-ring (bicyclic) bond motifs is 13. The summed E-state index contributed by atoms with van der Waals surface area (Å²) in [6.45, 7) is 0. The molecule has 552 valence electrons. The number of benzene rings is 13. The first-order valence-corrected chi connectivity index (χ1v) is 42.0. The van der Waals surface area contributed by atoms with Gasteiger partial charge < -0.3 is 0 Å². The number of nitrogens with zero attached hydrogens (tertiary/aromatic N) is 9. The molecule has 9 heteroatoms. The second kappa shape index (κ2) is 25.7. The van der Waals surface area contributed by atoms with Crippen molar-refractivity contribution in [3.63, 3.8) is 0 Å². The number of rotatable bonds is 8. The van der Waals surface area contributed by atoms with Gasteiger partial charge in [-0.25, -0.2) is 29.9 Å². The molecule has 0 aliphatic heterocycles. The minimum atomic E-state index is 0.0951. The van der Waals surface area contributed by atoms with Gasteiger partial charge in [0.2, 0.25) is 0 Å². The van der Waals surface area contributed by atoms with Crippen LogP contribution in [0.25, 0.3) is 178 Å². The van der Waals surface area contributed by atoms with Crippen molar-refractivity contribution in [2.24, 2.45) is 47.3 Å². The van der Waals surface area contributed by atoms with Gasteiger partial charge in [-0.05, 0) is 298 Å². The third kappa shape index (κ3) is 9.78. The Kier molecular flexibility index (Phi) is 14.7. The molecule has 18 aromatic rings. The Labute approximate surface area is 672 Å². The second-order valence-electron chi connectivity index (χ2n) is 34.6. The van der Waals surface area contributed by atoms with Crippen LogP contribution in [0.3, 0.4) is 0 Å². The summed E-state index contributed by atoms with van der Waals surface area (Å²) in [6, 6.07) is 104. The molecule has 0 saturated heterocycles. The Balaban J connectivity index is 0.000000131. The average molecular weight is 1490 g/mol. The topological polar surface area (TPSA) is 116 Å². The summed E-state index contributed by atoms with van der Waals surface area (Å²) < 4.78 is 0. The molecule has 0 unspecified atom stereocenters. The minimum absolute atomic E-state index is 0.0951. The maximum Gasteiger partial charge on any atom is 0.182 e. The molecule has 8 fully saturated rings. The summed E-state index contributed by atoms with van der Waals surface area (Å²) in [5.74, 6) is 10.0. The van der Waals surface area contributed by atoms with Crippen LogP contribution in [0.15, 0.2) is 310 Å². The maximum atomic E-state index is 5.49. The molecular formula is C107H79N9. The molecule has 8 bridgehead atoms. The number of hydrogen-bond acceptors (Lipinski definition) is 9. The zero-order chi connectivity index (χ0) is 75.9. The fourth-order valence-electron chi connectivity index (χ4n) is 25.2. The lowest BCUT2D eigenvalue weighted by atomic mass is 9.43. The van der Waals surface area contributed by atoms with Crippen molar-refractivity contribution in [3.8, 4) is 113 Å². The lowest BCUT2D eigenvalue weighted by Crippen LogP contribution is -2.55. The molecule has 0 radical (unpaired) electrons. The minimum Gasteiger partial charge on any atom is -0.264 e. The SMILES string of the molecule is c1ccc(-c2nc(-c3ccccn3)nc(-c3c4ccccc4c(-c4ccc5c(c4)C4(c6ccccc6-5)C5CC6CC(C5)CC4C6)c4ccccc34)n2)nc1.c1cncc(-c2nc(-c3c4ccccc4c(-c4ccc5c(c4)C4(c6ccccc6-5)C5CC6CC(C5)CC4C6)c4ccccc34)nc(-c3cc4ccccc4c4ccccc34)n2)c1. The summed E-state index contributed by atoms with van der Waals surface area (Å²) in [5, 5.41) is 14.0. The van der Waals surface area contributed by atoms with E-state index in [1.807, 2.05) is 54.7 Å². The maximum absolute atomic E-state index is 5.49. The lowest BCUT2D eigenvalue weighted by Gasteiger charge is -2.61. The van der Waals surface area contributed by atoms with E-state index in [0.717, 1.165) is 78.2 Å². The largest absolute Gasteiger partial charge is 0.264 e. The van der Waals surface area contributed by atoms with Crippen LogP contribution in [-0.2, 0) is 10.8 Å². The fourth-order valence-corrected chi connectivity index (χ4v) is 25.2. The molecule has 2 spiro atoms. The van der Waals surface area contributed by atoms with E-state index in [-0.39, 0.29) is 10.8 Å². The molecule has 5 heterocycles. The van der Waals surface area contributed by atoms with E-state index in [4.69, 9.17) is 29.9 Å². The van der Waals surface area contributed by atoms with Gasteiger partial charge in [-0.1, -0.05) is 231 Å². The molecule has 0 N–H and O–H groups in total. The molecule has 5 aromatic heterocycles. The lowest BCUT2D eigenvalue weighted by molar-refractivity contribution is -0.0399. The zero-order valence-electron chi connectivity index (χ0n) is 64.2. The van der Waals surface area contributed by atoms with Crippen LogP contribution in [0.5, 0.6) is 0 Å². The summed E-state index contributed by atoms with van der Waals surface area (Å²) in [4.78, 5) is 45.1. The Hall–Kier alpha value is -13.1. The Morgan fingerprint density at radius 1 is 0.224 bits per heavy atom. The van der Waals surface area contributed by atoms with Crippen LogP contribution >= 0.6 is 0 Å². The number of hydrogen-bond donors (Lipinski definition) is 0. The summed E-state index contributed by atoms with van der Waals surface area (Å²) >= 11 is 0. The van der Waals surface area contributed by atoms with Gasteiger partial charge in [0.15, 0.2) is 34.9 Å². The summed E-state index contributed by atoms with van der Waals surface area (Å²) in [5.41, 5.74) is 22.7. The highest BCUT2D eigenvalue weighted by Gasteiger charge is 2.63. The first-order chi connectivity index (χ1) is 57.4. The van der Waals surface area contributed by atoms with Gasteiger partial charge >= 0.3 is 0 Å². The summed E-state index contributed by atoms with van der Waals surface area (Å²) in [6.07, 6.45) is 21.1. The molecular weight excluding hydrogens is 1410 g/mol. The fraction of sp³-hybridized carbons (Fsp3) is 0.187. The molecule has 0 atom stereocenters. The van der Waals surface area contributed by atoms with E-state index >= 15 is 0 Å². The van der Waals surface area contributed by atoms with Crippen molar-refractivity contribution >= 4 is 64.6 Å². The van der Waals surface area contributed by atoms with Crippen molar-refractivity contribution in [2.75, 3.05) is 0 Å². The van der Waals surface area contributed by atoms with E-state index in [1.54, 1.807) is 40.8 Å². The van der Waals surface area contributed by atoms with Gasteiger partial charge in [0.05, 0.1) is 0 Å². The predicted octanol–water partition coefficient (Wildman–Crippen LogP) is 25.6. The quantitative estimate of drug-likeness (QED) is 0.108. The smallest absolute Gasteiger partial charge is 0.182 e. The van der Waals surface area contributed by atoms with Gasteiger partial charge in [0.25, 0.3) is 0 Å². The normalized spacial score (nSPS) is 22.6. The van der Waals surface area contributed by atoms with Crippen molar-refractivity contribution in [2.45, 2.75) is 75.0 Å². The van der Waals surface area contributed by atoms with Crippen LogP contribution < -0.4 is 0 Å². The highest BCUT2D eigenvalue weighted by Crippen LogP contribution is 2.72. The molecule has 10 aliphatic carbocycles.